The first-order chi connectivity index (χ1) is 19.6. The number of benzene rings is 3. The molecule has 210 valence electrons. The first-order valence-corrected chi connectivity index (χ1v) is 13.5. The minimum Gasteiger partial charge on any atom is -0.504 e. The predicted molar refractivity (Wildman–Crippen MR) is 149 cm³/mol. The Morgan fingerprint density at radius 1 is 1.02 bits per heavy atom. The molecule has 3 heterocycles. The van der Waals surface area contributed by atoms with Crippen molar-refractivity contribution >= 4 is 46.7 Å². The summed E-state index contributed by atoms with van der Waals surface area (Å²) < 4.78 is 5.03. The standard InChI is InChI=1S/C30H26ClN3O7/c1-3-41-28(39)16-5-7-17(8-6-16)34-26(37)23-20(12-15-4-9-21(35)22(36)13-15)33-30(24(23)27(34)38)18-10-14(2)11-19(31)25(18)32-29(30)40/h4-11,13,20,23-24,33,35-36H,3,12H2,1-2H3,(H,32,40)/t20-,23+,24+,30-/m1/s1. The van der Waals surface area contributed by atoms with Gasteiger partial charge in [-0.3, -0.25) is 19.7 Å². The minimum absolute atomic E-state index is 0.174. The highest BCUT2D eigenvalue weighted by molar-refractivity contribution is 6.35. The number of esters is 1. The van der Waals surface area contributed by atoms with E-state index in [4.69, 9.17) is 16.3 Å². The largest absolute Gasteiger partial charge is 0.504 e. The van der Waals surface area contributed by atoms with Crippen LogP contribution in [0.5, 0.6) is 11.5 Å². The normalized spacial score (nSPS) is 24.5. The van der Waals surface area contributed by atoms with Gasteiger partial charge in [-0.1, -0.05) is 23.7 Å². The van der Waals surface area contributed by atoms with Gasteiger partial charge in [0.15, 0.2) is 11.5 Å². The van der Waals surface area contributed by atoms with E-state index in [2.05, 4.69) is 10.6 Å². The van der Waals surface area contributed by atoms with E-state index < -0.39 is 47.1 Å². The summed E-state index contributed by atoms with van der Waals surface area (Å²) in [6, 6.07) is 13.1. The van der Waals surface area contributed by atoms with Gasteiger partial charge in [0.05, 0.1) is 40.4 Å². The van der Waals surface area contributed by atoms with Crippen LogP contribution in [0.15, 0.2) is 54.6 Å². The molecule has 3 amide bonds. The molecule has 41 heavy (non-hydrogen) atoms. The van der Waals surface area contributed by atoms with Crippen LogP contribution in [-0.4, -0.2) is 46.6 Å². The quantitative estimate of drug-likeness (QED) is 0.206. The number of hydrogen-bond donors (Lipinski definition) is 4. The molecule has 0 unspecified atom stereocenters. The zero-order valence-corrected chi connectivity index (χ0v) is 22.9. The van der Waals surface area contributed by atoms with Crippen molar-refractivity contribution in [2.24, 2.45) is 11.8 Å². The Labute approximate surface area is 239 Å². The molecule has 0 aliphatic carbocycles. The fourth-order valence-corrected chi connectivity index (χ4v) is 6.66. The minimum atomic E-state index is -1.58. The number of anilines is 2. The van der Waals surface area contributed by atoms with Crippen molar-refractivity contribution in [1.29, 1.82) is 0 Å². The highest BCUT2D eigenvalue weighted by Crippen LogP contribution is 2.55. The summed E-state index contributed by atoms with van der Waals surface area (Å²) in [6.45, 7) is 3.72. The number of halogens is 1. The van der Waals surface area contributed by atoms with E-state index in [0.717, 1.165) is 10.5 Å². The second kappa shape index (κ2) is 9.60. The Hall–Kier alpha value is -4.41. The third-order valence-electron chi connectivity index (χ3n) is 8.05. The van der Waals surface area contributed by atoms with Gasteiger partial charge in [0.2, 0.25) is 17.7 Å². The number of phenols is 2. The summed E-state index contributed by atoms with van der Waals surface area (Å²) in [6.07, 6.45) is 0.174. The predicted octanol–water partition coefficient (Wildman–Crippen LogP) is 3.40. The van der Waals surface area contributed by atoms with Gasteiger partial charge in [-0.05, 0) is 73.9 Å². The van der Waals surface area contributed by atoms with Crippen molar-refractivity contribution in [3.05, 3.63) is 81.9 Å². The molecule has 11 heteroatoms. The first kappa shape index (κ1) is 26.8. The fourth-order valence-electron chi connectivity index (χ4n) is 6.33. The summed E-state index contributed by atoms with van der Waals surface area (Å²) in [4.78, 5) is 55.2. The Balaban J connectivity index is 1.46. The van der Waals surface area contributed by atoms with Gasteiger partial charge in [0, 0.05) is 11.6 Å². The molecular formula is C30H26ClN3O7. The van der Waals surface area contributed by atoms with Crippen LogP contribution >= 0.6 is 11.6 Å². The highest BCUT2D eigenvalue weighted by Gasteiger charge is 2.70. The zero-order chi connectivity index (χ0) is 29.2. The molecule has 2 fully saturated rings. The van der Waals surface area contributed by atoms with Crippen LogP contribution in [0.3, 0.4) is 0 Å². The van der Waals surface area contributed by atoms with Crippen LogP contribution in [0.4, 0.5) is 11.4 Å². The molecule has 4 N–H and O–H groups in total. The Kier molecular flexibility index (Phi) is 6.28. The molecule has 0 aromatic heterocycles. The number of rotatable bonds is 5. The summed E-state index contributed by atoms with van der Waals surface area (Å²) in [7, 11) is 0. The highest BCUT2D eigenvalue weighted by atomic mass is 35.5. The van der Waals surface area contributed by atoms with Crippen LogP contribution in [0.2, 0.25) is 5.02 Å². The molecule has 2 saturated heterocycles. The van der Waals surface area contributed by atoms with Crippen LogP contribution in [0.1, 0.15) is 34.0 Å². The molecule has 3 aliphatic rings. The SMILES string of the molecule is CCOC(=O)c1ccc(N2C(=O)[C@@H]3[C@@H](C2=O)[C@@]2(N[C@@H]3Cc3ccc(O)c(O)c3)C(=O)Nc3c(Cl)cc(C)cc32)cc1. The summed E-state index contributed by atoms with van der Waals surface area (Å²) in [5, 5.41) is 26.3. The van der Waals surface area contributed by atoms with Gasteiger partial charge >= 0.3 is 5.97 Å². The number of fused-ring (bicyclic) bond motifs is 4. The van der Waals surface area contributed by atoms with Crippen molar-refractivity contribution in [2.45, 2.75) is 31.8 Å². The van der Waals surface area contributed by atoms with E-state index in [9.17, 15) is 29.4 Å². The van der Waals surface area contributed by atoms with E-state index >= 15 is 0 Å². The molecule has 0 bridgehead atoms. The maximum Gasteiger partial charge on any atom is 0.338 e. The van der Waals surface area contributed by atoms with E-state index in [1.54, 1.807) is 25.1 Å². The smallest absolute Gasteiger partial charge is 0.338 e. The molecule has 0 saturated carbocycles. The number of amides is 3. The summed E-state index contributed by atoms with van der Waals surface area (Å²) in [5.74, 6) is -4.74. The average Bonchev–Trinajstić information content (AvgIpc) is 3.51. The maximum absolute atomic E-state index is 14.2. The molecule has 0 radical (unpaired) electrons. The van der Waals surface area contributed by atoms with Gasteiger partial charge in [-0.25, -0.2) is 9.69 Å². The molecule has 3 aliphatic heterocycles. The van der Waals surface area contributed by atoms with Crippen LogP contribution in [0.25, 0.3) is 0 Å². The van der Waals surface area contributed by atoms with Crippen LogP contribution in [-0.2, 0) is 31.1 Å². The number of carbonyl (C=O) groups is 4. The Morgan fingerprint density at radius 2 is 1.76 bits per heavy atom. The topological polar surface area (TPSA) is 145 Å². The lowest BCUT2D eigenvalue weighted by Crippen LogP contribution is -2.53. The lowest BCUT2D eigenvalue weighted by atomic mass is 9.76. The van der Waals surface area contributed by atoms with Gasteiger partial charge in [-0.2, -0.15) is 0 Å². The average molecular weight is 576 g/mol. The van der Waals surface area contributed by atoms with Gasteiger partial charge in [0.25, 0.3) is 0 Å². The number of carbonyl (C=O) groups excluding carboxylic acids is 4. The molecule has 6 rings (SSSR count). The zero-order valence-electron chi connectivity index (χ0n) is 22.1. The van der Waals surface area contributed by atoms with Gasteiger partial charge in [0.1, 0.15) is 5.54 Å². The third kappa shape index (κ3) is 3.97. The Morgan fingerprint density at radius 3 is 2.44 bits per heavy atom. The van der Waals surface area contributed by atoms with E-state index in [1.807, 2.05) is 6.92 Å². The number of nitrogens with one attached hydrogen (secondary N) is 2. The lowest BCUT2D eigenvalue weighted by molar-refractivity contribution is -0.130. The summed E-state index contributed by atoms with van der Waals surface area (Å²) >= 11 is 6.50. The monoisotopic (exact) mass is 575 g/mol. The number of nitrogens with zero attached hydrogens (tertiary/aromatic N) is 1. The molecular weight excluding hydrogens is 550 g/mol. The van der Waals surface area contributed by atoms with Gasteiger partial charge < -0.3 is 20.3 Å². The second-order valence-corrected chi connectivity index (χ2v) is 10.9. The molecule has 3 aromatic carbocycles. The van der Waals surface area contributed by atoms with Crippen LogP contribution < -0.4 is 15.5 Å². The van der Waals surface area contributed by atoms with Crippen molar-refractivity contribution < 1.29 is 34.1 Å². The number of phenolic OH excluding ortho intramolecular Hbond substituents is 2. The number of aryl methyl sites for hydroxylation is 1. The first-order valence-electron chi connectivity index (χ1n) is 13.1. The third-order valence-corrected chi connectivity index (χ3v) is 8.35. The molecule has 3 aromatic rings. The number of imide groups is 1. The second-order valence-electron chi connectivity index (χ2n) is 10.5. The number of hydrogen-bond acceptors (Lipinski definition) is 8. The maximum atomic E-state index is 14.2. The molecule has 4 atom stereocenters. The van der Waals surface area contributed by atoms with Crippen molar-refractivity contribution in [3.63, 3.8) is 0 Å². The van der Waals surface area contributed by atoms with E-state index in [0.29, 0.717) is 21.8 Å². The van der Waals surface area contributed by atoms with Crippen molar-refractivity contribution in [3.8, 4) is 11.5 Å². The van der Waals surface area contributed by atoms with Crippen molar-refractivity contribution in [2.75, 3.05) is 16.8 Å². The van der Waals surface area contributed by atoms with E-state index in [-0.39, 0.29) is 35.8 Å². The lowest BCUT2D eigenvalue weighted by Gasteiger charge is -2.30. The van der Waals surface area contributed by atoms with Crippen molar-refractivity contribution in [1.82, 2.24) is 5.32 Å². The molecule has 10 nitrogen and oxygen atoms in total. The summed E-state index contributed by atoms with van der Waals surface area (Å²) in [5.41, 5.74) is 1.19. The number of aromatic hydroxyl groups is 2. The van der Waals surface area contributed by atoms with Crippen LogP contribution in [0, 0.1) is 18.8 Å². The fraction of sp³-hybridized carbons (Fsp3) is 0.267. The van der Waals surface area contributed by atoms with E-state index in [1.165, 1.54) is 36.4 Å². The molecule has 1 spiro atoms. The number of ether oxygens (including phenoxy) is 1. The van der Waals surface area contributed by atoms with Gasteiger partial charge in [-0.15, -0.1) is 0 Å². The Bertz CT molecular complexity index is 1640.